The van der Waals surface area contributed by atoms with Gasteiger partial charge in [-0.25, -0.2) is 4.57 Å². The van der Waals surface area contributed by atoms with Crippen LogP contribution >= 0.6 is 7.82 Å². The predicted molar refractivity (Wildman–Crippen MR) is 59.3 cm³/mol. The SMILES string of the molecule is C=CC[C@@H]1C[C@@H](O)[C@H](O)[C@](O)(COP(=O)(O)O)O1. The number of rotatable bonds is 5. The average molecular weight is 284 g/mol. The maximum atomic E-state index is 10.6. The molecule has 18 heavy (non-hydrogen) atoms. The maximum Gasteiger partial charge on any atom is 0.469 e. The summed E-state index contributed by atoms with van der Waals surface area (Å²) in [5.41, 5.74) is 0. The van der Waals surface area contributed by atoms with E-state index in [4.69, 9.17) is 14.5 Å². The quantitative estimate of drug-likeness (QED) is 0.316. The van der Waals surface area contributed by atoms with E-state index in [9.17, 15) is 19.9 Å². The van der Waals surface area contributed by atoms with Crippen molar-refractivity contribution in [3.8, 4) is 0 Å². The van der Waals surface area contributed by atoms with Gasteiger partial charge in [-0.05, 0) is 6.42 Å². The summed E-state index contributed by atoms with van der Waals surface area (Å²) in [7, 11) is -4.81. The molecule has 8 nitrogen and oxygen atoms in total. The molecule has 0 spiro atoms. The molecule has 1 saturated heterocycles. The van der Waals surface area contributed by atoms with E-state index >= 15 is 0 Å². The van der Waals surface area contributed by atoms with Crippen molar-refractivity contribution in [2.24, 2.45) is 0 Å². The highest BCUT2D eigenvalue weighted by molar-refractivity contribution is 7.46. The lowest BCUT2D eigenvalue weighted by molar-refractivity contribution is -0.330. The normalized spacial score (nSPS) is 37.5. The highest BCUT2D eigenvalue weighted by Gasteiger charge is 2.49. The number of hydrogen-bond donors (Lipinski definition) is 5. The molecule has 9 heteroatoms. The van der Waals surface area contributed by atoms with Gasteiger partial charge in [-0.1, -0.05) is 6.08 Å². The van der Waals surface area contributed by atoms with Crippen molar-refractivity contribution in [1.29, 1.82) is 0 Å². The van der Waals surface area contributed by atoms with Crippen LogP contribution < -0.4 is 0 Å². The summed E-state index contributed by atoms with van der Waals surface area (Å²) in [6.45, 7) is 2.52. The standard InChI is InChI=1S/C9H17O8P/c1-2-3-6-4-7(10)8(11)9(12,17-6)5-16-18(13,14)15/h2,6-8,10-12H,1,3-5H2,(H2,13,14,15)/t6-,7-,8+,9+/m1/s1. The monoisotopic (exact) mass is 284 g/mol. The van der Waals surface area contributed by atoms with Crippen LogP contribution in [0.5, 0.6) is 0 Å². The van der Waals surface area contributed by atoms with Crippen LogP contribution in [0.1, 0.15) is 12.8 Å². The van der Waals surface area contributed by atoms with Gasteiger partial charge in [0.2, 0.25) is 5.79 Å². The Kier molecular flexibility index (Phi) is 5.05. The van der Waals surface area contributed by atoms with Crippen molar-refractivity contribution in [2.45, 2.75) is 36.9 Å². The third-order valence-electron chi connectivity index (χ3n) is 2.57. The van der Waals surface area contributed by atoms with Crippen LogP contribution in [0.2, 0.25) is 0 Å². The maximum absolute atomic E-state index is 10.6. The third-order valence-corrected chi connectivity index (χ3v) is 3.04. The van der Waals surface area contributed by atoms with E-state index in [1.54, 1.807) is 0 Å². The lowest BCUT2D eigenvalue weighted by Crippen LogP contribution is -2.60. The van der Waals surface area contributed by atoms with Gasteiger partial charge in [-0.2, -0.15) is 0 Å². The van der Waals surface area contributed by atoms with Gasteiger partial charge in [0.25, 0.3) is 0 Å². The molecule has 106 valence electrons. The number of aliphatic hydroxyl groups is 3. The van der Waals surface area contributed by atoms with Gasteiger partial charge in [0.1, 0.15) is 12.7 Å². The van der Waals surface area contributed by atoms with E-state index in [-0.39, 0.29) is 6.42 Å². The van der Waals surface area contributed by atoms with Crippen LogP contribution in [-0.2, 0) is 13.8 Å². The summed E-state index contributed by atoms with van der Waals surface area (Å²) in [5.74, 6) is -2.37. The molecular weight excluding hydrogens is 267 g/mol. The van der Waals surface area contributed by atoms with Gasteiger partial charge in [0.05, 0.1) is 12.2 Å². The molecule has 1 heterocycles. The zero-order valence-electron chi connectivity index (χ0n) is 9.55. The van der Waals surface area contributed by atoms with Gasteiger partial charge in [-0.3, -0.25) is 4.52 Å². The smallest absolute Gasteiger partial charge is 0.390 e. The van der Waals surface area contributed by atoms with E-state index < -0.39 is 38.5 Å². The molecule has 0 aliphatic carbocycles. The summed E-state index contributed by atoms with van der Waals surface area (Å²) in [6, 6.07) is 0. The number of ether oxygens (including phenoxy) is 1. The number of phosphoric ester groups is 1. The summed E-state index contributed by atoms with van der Waals surface area (Å²) >= 11 is 0. The fourth-order valence-corrected chi connectivity index (χ4v) is 2.08. The Labute approximate surface area is 104 Å². The van der Waals surface area contributed by atoms with Crippen molar-refractivity contribution in [1.82, 2.24) is 0 Å². The molecule has 1 aliphatic heterocycles. The molecular formula is C9H17O8P. The fraction of sp³-hybridized carbons (Fsp3) is 0.778. The molecule has 0 saturated carbocycles. The van der Waals surface area contributed by atoms with Crippen molar-refractivity contribution in [3.63, 3.8) is 0 Å². The lowest BCUT2D eigenvalue weighted by atomic mass is 9.94. The van der Waals surface area contributed by atoms with Crippen LogP contribution in [0.3, 0.4) is 0 Å². The van der Waals surface area contributed by atoms with E-state index in [1.165, 1.54) is 6.08 Å². The Morgan fingerprint density at radius 2 is 2.11 bits per heavy atom. The summed E-state index contributed by atoms with van der Waals surface area (Å²) in [5, 5.41) is 29.1. The van der Waals surface area contributed by atoms with Crippen LogP contribution in [0.4, 0.5) is 0 Å². The highest BCUT2D eigenvalue weighted by atomic mass is 31.2. The number of aliphatic hydroxyl groups excluding tert-OH is 2. The molecule has 0 aromatic heterocycles. The molecule has 1 rings (SSSR count). The molecule has 0 aromatic carbocycles. The minimum absolute atomic E-state index is 0.0748. The largest absolute Gasteiger partial charge is 0.469 e. The Balaban J connectivity index is 2.74. The second-order valence-electron chi connectivity index (χ2n) is 4.12. The first-order valence-corrected chi connectivity index (χ1v) is 6.78. The van der Waals surface area contributed by atoms with Gasteiger partial charge in [-0.15, -0.1) is 6.58 Å². The lowest BCUT2D eigenvalue weighted by Gasteiger charge is -2.42. The van der Waals surface area contributed by atoms with Crippen molar-refractivity contribution >= 4 is 7.82 Å². The summed E-state index contributed by atoms with van der Waals surface area (Å²) < 4.78 is 19.8. The van der Waals surface area contributed by atoms with Crippen LogP contribution in [-0.4, -0.2) is 55.8 Å². The molecule has 5 N–H and O–H groups in total. The van der Waals surface area contributed by atoms with E-state index in [2.05, 4.69) is 11.1 Å². The van der Waals surface area contributed by atoms with Crippen molar-refractivity contribution in [2.75, 3.05) is 6.61 Å². The van der Waals surface area contributed by atoms with E-state index in [1.807, 2.05) is 0 Å². The second kappa shape index (κ2) is 5.77. The minimum Gasteiger partial charge on any atom is -0.390 e. The van der Waals surface area contributed by atoms with Crippen molar-refractivity contribution < 1.29 is 38.9 Å². The molecule has 4 atom stereocenters. The van der Waals surface area contributed by atoms with Gasteiger partial charge in [0.15, 0.2) is 0 Å². The third kappa shape index (κ3) is 4.11. The number of phosphoric acid groups is 1. The molecule has 0 unspecified atom stereocenters. The molecule has 0 radical (unpaired) electrons. The minimum atomic E-state index is -4.81. The van der Waals surface area contributed by atoms with Crippen LogP contribution in [0.25, 0.3) is 0 Å². The predicted octanol–water partition coefficient (Wildman–Crippen LogP) is -1.13. The Morgan fingerprint density at radius 3 is 2.61 bits per heavy atom. The van der Waals surface area contributed by atoms with E-state index in [0.717, 1.165) is 0 Å². The first-order valence-electron chi connectivity index (χ1n) is 5.25. The zero-order valence-corrected chi connectivity index (χ0v) is 10.4. The fourth-order valence-electron chi connectivity index (χ4n) is 1.73. The molecule has 0 bridgehead atoms. The summed E-state index contributed by atoms with van der Waals surface area (Å²) in [4.78, 5) is 17.1. The Hall–Kier alpha value is -0.310. The first kappa shape index (κ1) is 15.7. The topological polar surface area (TPSA) is 137 Å². The second-order valence-corrected chi connectivity index (χ2v) is 5.36. The Bertz CT molecular complexity index is 341. The van der Waals surface area contributed by atoms with Gasteiger partial charge < -0.3 is 29.8 Å². The zero-order chi connectivity index (χ0) is 14.0. The highest BCUT2D eigenvalue weighted by Crippen LogP contribution is 2.39. The van der Waals surface area contributed by atoms with Gasteiger partial charge >= 0.3 is 7.82 Å². The summed E-state index contributed by atoms with van der Waals surface area (Å²) in [6.07, 6.45) is -1.74. The van der Waals surface area contributed by atoms with E-state index in [0.29, 0.717) is 6.42 Å². The van der Waals surface area contributed by atoms with Crippen LogP contribution in [0.15, 0.2) is 12.7 Å². The van der Waals surface area contributed by atoms with Crippen LogP contribution in [0, 0.1) is 0 Å². The van der Waals surface area contributed by atoms with Gasteiger partial charge in [0, 0.05) is 6.42 Å². The van der Waals surface area contributed by atoms with Crippen molar-refractivity contribution in [3.05, 3.63) is 12.7 Å². The number of hydrogen-bond acceptors (Lipinski definition) is 6. The molecule has 1 fully saturated rings. The molecule has 0 amide bonds. The molecule has 1 aliphatic rings. The average Bonchev–Trinajstić information content (AvgIpc) is 2.23. The Morgan fingerprint density at radius 1 is 1.50 bits per heavy atom. The molecule has 0 aromatic rings. The first-order chi connectivity index (χ1) is 8.18.